The third kappa shape index (κ3) is 3.71. The molecular weight excluding hydrogens is 369 g/mol. The van der Waals surface area contributed by atoms with Crippen molar-refractivity contribution in [2.75, 3.05) is 7.11 Å². The topological polar surface area (TPSA) is 9.23 Å². The van der Waals surface area contributed by atoms with E-state index in [-0.39, 0.29) is 4.83 Å². The summed E-state index contributed by atoms with van der Waals surface area (Å²) < 4.78 is 42.7. The summed E-state index contributed by atoms with van der Waals surface area (Å²) in [7, 11) is 1.52. The maximum Gasteiger partial charge on any atom is 0.416 e. The lowest BCUT2D eigenvalue weighted by Gasteiger charge is -2.14. The van der Waals surface area contributed by atoms with Gasteiger partial charge in [-0.15, -0.1) is 0 Å². The van der Waals surface area contributed by atoms with E-state index in [2.05, 4.69) is 15.9 Å². The number of rotatable bonds is 3. The van der Waals surface area contributed by atoms with Gasteiger partial charge in [0.2, 0.25) is 0 Å². The number of benzene rings is 2. The molecule has 0 N–H and O–H groups in total. The first-order valence-corrected chi connectivity index (χ1v) is 7.27. The molecule has 0 saturated carbocycles. The first kappa shape index (κ1) is 16.2. The van der Waals surface area contributed by atoms with Crippen LogP contribution in [-0.4, -0.2) is 7.11 Å². The molecule has 112 valence electrons. The van der Waals surface area contributed by atoms with E-state index in [1.807, 2.05) is 6.07 Å². The Morgan fingerprint density at radius 3 is 2.10 bits per heavy atom. The van der Waals surface area contributed by atoms with E-state index >= 15 is 0 Å². The summed E-state index contributed by atoms with van der Waals surface area (Å²) in [6, 6.07) is 10.3. The summed E-state index contributed by atoms with van der Waals surface area (Å²) in [6.07, 6.45) is -4.33. The smallest absolute Gasteiger partial charge is 0.416 e. The van der Waals surface area contributed by atoms with Crippen molar-refractivity contribution in [1.29, 1.82) is 0 Å². The minimum Gasteiger partial charge on any atom is -0.495 e. The van der Waals surface area contributed by atoms with Gasteiger partial charge in [0.15, 0.2) is 0 Å². The first-order valence-electron chi connectivity index (χ1n) is 5.97. The lowest BCUT2D eigenvalue weighted by molar-refractivity contribution is -0.137. The Labute approximate surface area is 133 Å². The van der Waals surface area contributed by atoms with Crippen molar-refractivity contribution in [2.45, 2.75) is 11.0 Å². The van der Waals surface area contributed by atoms with Crippen molar-refractivity contribution in [3.05, 3.63) is 64.2 Å². The van der Waals surface area contributed by atoms with Gasteiger partial charge in [-0.25, -0.2) is 0 Å². The summed E-state index contributed by atoms with van der Waals surface area (Å²) in [5, 5.41) is 0.450. The monoisotopic (exact) mass is 378 g/mol. The highest BCUT2D eigenvalue weighted by Crippen LogP contribution is 2.36. The Morgan fingerprint density at radius 1 is 1.05 bits per heavy atom. The molecule has 2 aromatic rings. The van der Waals surface area contributed by atoms with Crippen molar-refractivity contribution in [3.63, 3.8) is 0 Å². The van der Waals surface area contributed by atoms with Crippen LogP contribution < -0.4 is 4.74 Å². The average Bonchev–Trinajstić information content (AvgIpc) is 2.45. The van der Waals surface area contributed by atoms with E-state index in [1.54, 1.807) is 12.1 Å². The molecule has 0 saturated heterocycles. The Morgan fingerprint density at radius 2 is 1.62 bits per heavy atom. The number of hydrogen-bond acceptors (Lipinski definition) is 1. The second kappa shape index (κ2) is 6.28. The fraction of sp³-hybridized carbons (Fsp3) is 0.200. The molecule has 2 aromatic carbocycles. The molecular formula is C15H11BrClF3O. The standard InChI is InChI=1S/C15H11BrClF3O/c1-21-13-7-4-10(8-12(13)17)14(16)9-2-5-11(6-3-9)15(18,19)20/h2-8,14H,1H3. The Hall–Kier alpha value is -1.20. The third-order valence-electron chi connectivity index (χ3n) is 3.00. The van der Waals surface area contributed by atoms with E-state index in [9.17, 15) is 13.2 Å². The molecule has 0 radical (unpaired) electrons. The summed E-state index contributed by atoms with van der Waals surface area (Å²) in [4.78, 5) is -0.247. The van der Waals surface area contributed by atoms with E-state index in [1.165, 1.54) is 19.2 Å². The van der Waals surface area contributed by atoms with E-state index in [0.717, 1.165) is 17.7 Å². The van der Waals surface area contributed by atoms with E-state index < -0.39 is 11.7 Å². The molecule has 0 aromatic heterocycles. The maximum absolute atomic E-state index is 12.5. The molecule has 0 bridgehead atoms. The van der Waals surface area contributed by atoms with Crippen LogP contribution in [0.3, 0.4) is 0 Å². The molecule has 0 aliphatic heterocycles. The molecule has 1 atom stereocenters. The molecule has 0 heterocycles. The van der Waals surface area contributed by atoms with Gasteiger partial charge in [-0.3, -0.25) is 0 Å². The fourth-order valence-electron chi connectivity index (χ4n) is 1.87. The summed E-state index contributed by atoms with van der Waals surface area (Å²) in [6.45, 7) is 0. The van der Waals surface area contributed by atoms with Crippen LogP contribution in [0.2, 0.25) is 5.02 Å². The molecule has 0 fully saturated rings. The van der Waals surface area contributed by atoms with E-state index in [4.69, 9.17) is 16.3 Å². The van der Waals surface area contributed by atoms with Gasteiger partial charge in [-0.2, -0.15) is 13.2 Å². The number of ether oxygens (including phenoxy) is 1. The van der Waals surface area contributed by atoms with Crippen LogP contribution in [0.5, 0.6) is 5.75 Å². The third-order valence-corrected chi connectivity index (χ3v) is 4.35. The number of methoxy groups -OCH3 is 1. The van der Waals surface area contributed by atoms with Gasteiger partial charge in [0, 0.05) is 0 Å². The first-order chi connectivity index (χ1) is 9.82. The zero-order chi connectivity index (χ0) is 15.6. The van der Waals surface area contributed by atoms with Gasteiger partial charge in [-0.05, 0) is 35.4 Å². The van der Waals surface area contributed by atoms with Gasteiger partial charge in [0.25, 0.3) is 0 Å². The second-order valence-corrected chi connectivity index (χ2v) is 5.70. The molecule has 0 amide bonds. The van der Waals surface area contributed by atoms with E-state index in [0.29, 0.717) is 16.3 Å². The minimum atomic E-state index is -4.33. The van der Waals surface area contributed by atoms with Crippen molar-refractivity contribution in [1.82, 2.24) is 0 Å². The predicted molar refractivity (Wildman–Crippen MR) is 80.2 cm³/mol. The molecule has 6 heteroatoms. The van der Waals surface area contributed by atoms with Gasteiger partial charge in [0.1, 0.15) is 5.75 Å². The molecule has 1 nitrogen and oxygen atoms in total. The highest BCUT2D eigenvalue weighted by Gasteiger charge is 2.30. The second-order valence-electron chi connectivity index (χ2n) is 4.38. The van der Waals surface area contributed by atoms with Gasteiger partial charge < -0.3 is 4.74 Å². The van der Waals surface area contributed by atoms with Crippen LogP contribution >= 0.6 is 27.5 Å². The van der Waals surface area contributed by atoms with Crippen molar-refractivity contribution in [3.8, 4) is 5.75 Å². The Kier molecular flexibility index (Phi) is 4.84. The van der Waals surface area contributed by atoms with Crippen molar-refractivity contribution in [2.24, 2.45) is 0 Å². The fourth-order valence-corrected chi connectivity index (χ4v) is 2.73. The van der Waals surface area contributed by atoms with Gasteiger partial charge >= 0.3 is 6.18 Å². The Bertz CT molecular complexity index is 626. The van der Waals surface area contributed by atoms with Crippen molar-refractivity contribution >= 4 is 27.5 Å². The normalized spacial score (nSPS) is 13.0. The van der Waals surface area contributed by atoms with Crippen LogP contribution in [0.4, 0.5) is 13.2 Å². The predicted octanol–water partition coefficient (Wildman–Crippen LogP) is 5.85. The lowest BCUT2D eigenvalue weighted by Crippen LogP contribution is -2.05. The van der Waals surface area contributed by atoms with Crippen LogP contribution in [0.25, 0.3) is 0 Å². The molecule has 21 heavy (non-hydrogen) atoms. The van der Waals surface area contributed by atoms with Crippen LogP contribution in [-0.2, 0) is 6.18 Å². The van der Waals surface area contributed by atoms with Crippen LogP contribution in [0.15, 0.2) is 42.5 Å². The lowest BCUT2D eigenvalue weighted by atomic mass is 10.0. The largest absolute Gasteiger partial charge is 0.495 e. The molecule has 1 unspecified atom stereocenters. The SMILES string of the molecule is COc1ccc(C(Br)c2ccc(C(F)(F)F)cc2)cc1Cl. The quantitative estimate of drug-likeness (QED) is 0.608. The zero-order valence-electron chi connectivity index (χ0n) is 10.9. The zero-order valence-corrected chi connectivity index (χ0v) is 13.3. The summed E-state index contributed by atoms with van der Waals surface area (Å²) >= 11 is 9.52. The molecule has 0 aliphatic rings. The molecule has 2 rings (SSSR count). The van der Waals surface area contributed by atoms with Gasteiger partial charge in [0.05, 0.1) is 22.5 Å². The van der Waals surface area contributed by atoms with Crippen LogP contribution in [0, 0.1) is 0 Å². The van der Waals surface area contributed by atoms with Crippen LogP contribution in [0.1, 0.15) is 21.5 Å². The number of halogens is 5. The molecule has 0 aliphatic carbocycles. The minimum absolute atomic E-state index is 0.247. The van der Waals surface area contributed by atoms with Crippen molar-refractivity contribution < 1.29 is 17.9 Å². The summed E-state index contributed by atoms with van der Waals surface area (Å²) in [5.74, 6) is 0.549. The Balaban J connectivity index is 2.27. The maximum atomic E-state index is 12.5. The number of hydrogen-bond donors (Lipinski definition) is 0. The number of alkyl halides is 4. The summed E-state index contributed by atoms with van der Waals surface area (Å²) in [5.41, 5.74) is 0.878. The highest BCUT2D eigenvalue weighted by atomic mass is 79.9. The van der Waals surface area contributed by atoms with Gasteiger partial charge in [-0.1, -0.05) is 45.7 Å². The average molecular weight is 380 g/mol. The highest BCUT2D eigenvalue weighted by molar-refractivity contribution is 9.09. The molecule has 0 spiro atoms.